The van der Waals surface area contributed by atoms with Crippen LogP contribution in [-0.4, -0.2) is 48.4 Å². The average Bonchev–Trinajstić information content (AvgIpc) is 2.39. The van der Waals surface area contributed by atoms with E-state index in [0.717, 1.165) is 13.0 Å². The van der Waals surface area contributed by atoms with E-state index in [1.54, 1.807) is 17.0 Å². The summed E-state index contributed by atoms with van der Waals surface area (Å²) in [5.74, 6) is -0.692. The third kappa shape index (κ3) is 2.98. The minimum Gasteiger partial charge on any atom is -0.336 e. The summed E-state index contributed by atoms with van der Waals surface area (Å²) in [6.07, 6.45) is 0.985. The molecule has 1 atom stereocenters. The van der Waals surface area contributed by atoms with Crippen LogP contribution in [0.2, 0.25) is 0 Å². The highest BCUT2D eigenvalue weighted by atomic mass is 79.9. The molecule has 3 nitrogen and oxygen atoms in total. The summed E-state index contributed by atoms with van der Waals surface area (Å²) in [6.45, 7) is 4.24. The molecule has 5 heteroatoms. The van der Waals surface area contributed by atoms with Crippen molar-refractivity contribution in [1.82, 2.24) is 9.80 Å². The number of carbonyl (C=O) groups excluding carboxylic acids is 1. The minimum atomic E-state index is -0.466. The molecule has 0 aliphatic carbocycles. The molecule has 1 heterocycles. The van der Waals surface area contributed by atoms with Crippen molar-refractivity contribution in [3.63, 3.8) is 0 Å². The molecule has 0 radical (unpaired) electrons. The van der Waals surface area contributed by atoms with Gasteiger partial charge in [0, 0.05) is 30.1 Å². The average molecular weight is 329 g/mol. The maximum atomic E-state index is 13.8. The molecular formula is C14H18BrFN2O. The second-order valence-corrected chi connectivity index (χ2v) is 5.74. The largest absolute Gasteiger partial charge is 0.336 e. The van der Waals surface area contributed by atoms with E-state index in [9.17, 15) is 9.18 Å². The summed E-state index contributed by atoms with van der Waals surface area (Å²) in [4.78, 5) is 16.4. The van der Waals surface area contributed by atoms with Crippen LogP contribution in [0.3, 0.4) is 0 Å². The Kier molecular flexibility index (Phi) is 4.58. The molecule has 1 fully saturated rings. The van der Waals surface area contributed by atoms with E-state index < -0.39 is 5.82 Å². The Balaban J connectivity index is 2.20. The Bertz CT molecular complexity index is 460. The Morgan fingerprint density at radius 1 is 1.47 bits per heavy atom. The second-order valence-electron chi connectivity index (χ2n) is 4.89. The molecule has 1 aliphatic rings. The Morgan fingerprint density at radius 3 is 2.84 bits per heavy atom. The smallest absolute Gasteiger partial charge is 0.258 e. The number of nitrogens with zero attached hydrogens (tertiary/aromatic N) is 2. The molecule has 2 rings (SSSR count). The van der Waals surface area contributed by atoms with Crippen LogP contribution in [0.4, 0.5) is 4.39 Å². The zero-order chi connectivity index (χ0) is 14.0. The van der Waals surface area contributed by atoms with Crippen molar-refractivity contribution in [2.75, 3.05) is 26.7 Å². The summed E-state index contributed by atoms with van der Waals surface area (Å²) in [5, 5.41) is 0. The van der Waals surface area contributed by atoms with Gasteiger partial charge in [-0.15, -0.1) is 0 Å². The first-order chi connectivity index (χ1) is 9.04. The van der Waals surface area contributed by atoms with Gasteiger partial charge in [-0.2, -0.15) is 0 Å². The predicted molar refractivity (Wildman–Crippen MR) is 76.7 cm³/mol. The molecule has 1 aliphatic heterocycles. The molecule has 104 valence electrons. The van der Waals surface area contributed by atoms with Crippen LogP contribution in [0.15, 0.2) is 22.7 Å². The summed E-state index contributed by atoms with van der Waals surface area (Å²) in [5.41, 5.74) is 0.141. The monoisotopic (exact) mass is 328 g/mol. The molecule has 0 N–H and O–H groups in total. The van der Waals surface area contributed by atoms with Crippen molar-refractivity contribution >= 4 is 21.8 Å². The van der Waals surface area contributed by atoms with Crippen LogP contribution in [0.25, 0.3) is 0 Å². The van der Waals surface area contributed by atoms with Crippen molar-refractivity contribution in [2.24, 2.45) is 0 Å². The van der Waals surface area contributed by atoms with Gasteiger partial charge < -0.3 is 4.90 Å². The molecule has 0 aromatic heterocycles. The summed E-state index contributed by atoms with van der Waals surface area (Å²) < 4.78 is 14.3. The van der Waals surface area contributed by atoms with Crippen molar-refractivity contribution in [3.05, 3.63) is 34.1 Å². The van der Waals surface area contributed by atoms with Crippen LogP contribution in [0.5, 0.6) is 0 Å². The topological polar surface area (TPSA) is 23.6 Å². The zero-order valence-electron chi connectivity index (χ0n) is 11.2. The lowest BCUT2D eigenvalue weighted by Gasteiger charge is -2.39. The quantitative estimate of drug-likeness (QED) is 0.833. The molecule has 19 heavy (non-hydrogen) atoms. The lowest BCUT2D eigenvalue weighted by molar-refractivity contribution is 0.0536. The van der Waals surface area contributed by atoms with E-state index >= 15 is 0 Å². The van der Waals surface area contributed by atoms with E-state index in [0.29, 0.717) is 23.6 Å². The maximum Gasteiger partial charge on any atom is 0.258 e. The lowest BCUT2D eigenvalue weighted by Crippen LogP contribution is -2.53. The van der Waals surface area contributed by atoms with E-state index in [1.807, 2.05) is 0 Å². The first kappa shape index (κ1) is 14.5. The Morgan fingerprint density at radius 2 is 2.21 bits per heavy atom. The van der Waals surface area contributed by atoms with Gasteiger partial charge in [-0.25, -0.2) is 4.39 Å². The molecule has 0 saturated carbocycles. The number of piperazine rings is 1. The summed E-state index contributed by atoms with van der Waals surface area (Å²) >= 11 is 3.26. The molecule has 0 spiro atoms. The number of halogens is 2. The van der Waals surface area contributed by atoms with Gasteiger partial charge in [-0.1, -0.05) is 13.0 Å². The molecular weight excluding hydrogens is 311 g/mol. The number of hydrogen-bond donors (Lipinski definition) is 0. The number of likely N-dealkylation sites (N-methyl/N-ethyl adjacent to an activating group) is 1. The van der Waals surface area contributed by atoms with Gasteiger partial charge >= 0.3 is 0 Å². The van der Waals surface area contributed by atoms with Crippen LogP contribution >= 0.6 is 15.9 Å². The third-order valence-corrected chi connectivity index (χ3v) is 4.37. The minimum absolute atomic E-state index is 0.141. The van der Waals surface area contributed by atoms with E-state index in [-0.39, 0.29) is 11.5 Å². The molecule has 1 amide bonds. The van der Waals surface area contributed by atoms with E-state index in [1.165, 1.54) is 6.07 Å². The molecule has 1 aromatic carbocycles. The summed E-state index contributed by atoms with van der Waals surface area (Å²) in [7, 11) is 2.06. The molecule has 0 bridgehead atoms. The van der Waals surface area contributed by atoms with Crippen molar-refractivity contribution < 1.29 is 9.18 Å². The highest BCUT2D eigenvalue weighted by Crippen LogP contribution is 2.23. The SMILES string of the molecule is CCC1CN(C(=O)c2c(F)cccc2Br)CCN1C. The van der Waals surface area contributed by atoms with Crippen LogP contribution in [0, 0.1) is 5.82 Å². The first-order valence-corrected chi connectivity index (χ1v) is 7.27. The van der Waals surface area contributed by atoms with E-state index in [2.05, 4.69) is 34.8 Å². The van der Waals surface area contributed by atoms with Crippen molar-refractivity contribution in [3.8, 4) is 0 Å². The van der Waals surface area contributed by atoms with Gasteiger partial charge in [-0.05, 0) is 41.5 Å². The predicted octanol–water partition coefficient (Wildman–Crippen LogP) is 2.75. The summed E-state index contributed by atoms with van der Waals surface area (Å²) in [6, 6.07) is 4.97. The fourth-order valence-electron chi connectivity index (χ4n) is 2.43. The van der Waals surface area contributed by atoms with E-state index in [4.69, 9.17) is 0 Å². The van der Waals surface area contributed by atoms with Gasteiger partial charge in [-0.3, -0.25) is 9.69 Å². The van der Waals surface area contributed by atoms with Gasteiger partial charge in [0.05, 0.1) is 5.56 Å². The number of rotatable bonds is 2. The molecule has 1 saturated heterocycles. The van der Waals surface area contributed by atoms with Crippen LogP contribution in [-0.2, 0) is 0 Å². The molecule has 1 unspecified atom stereocenters. The first-order valence-electron chi connectivity index (χ1n) is 6.48. The third-order valence-electron chi connectivity index (χ3n) is 3.71. The highest BCUT2D eigenvalue weighted by molar-refractivity contribution is 9.10. The highest BCUT2D eigenvalue weighted by Gasteiger charge is 2.28. The molecule has 1 aromatic rings. The van der Waals surface area contributed by atoms with Crippen molar-refractivity contribution in [2.45, 2.75) is 19.4 Å². The zero-order valence-corrected chi connectivity index (χ0v) is 12.8. The number of carbonyl (C=O) groups is 1. The number of amides is 1. The van der Waals surface area contributed by atoms with Gasteiger partial charge in [0.2, 0.25) is 0 Å². The normalized spacial score (nSPS) is 20.6. The fourth-order valence-corrected chi connectivity index (χ4v) is 2.94. The Labute approximate surface area is 121 Å². The number of hydrogen-bond acceptors (Lipinski definition) is 2. The van der Waals surface area contributed by atoms with Gasteiger partial charge in [0.25, 0.3) is 5.91 Å². The maximum absolute atomic E-state index is 13.8. The fraction of sp³-hybridized carbons (Fsp3) is 0.500. The van der Waals surface area contributed by atoms with Gasteiger partial charge in [0.1, 0.15) is 5.82 Å². The number of benzene rings is 1. The van der Waals surface area contributed by atoms with Crippen LogP contribution in [0.1, 0.15) is 23.7 Å². The second kappa shape index (κ2) is 6.01. The standard InChI is InChI=1S/C14H18BrFN2O/c1-3-10-9-18(8-7-17(10)2)14(19)13-11(15)5-4-6-12(13)16/h4-6,10H,3,7-9H2,1-2H3. The van der Waals surface area contributed by atoms with Crippen molar-refractivity contribution in [1.29, 1.82) is 0 Å². The Hall–Kier alpha value is -0.940. The van der Waals surface area contributed by atoms with Gasteiger partial charge in [0.15, 0.2) is 0 Å². The van der Waals surface area contributed by atoms with Crippen LogP contribution < -0.4 is 0 Å². The lowest BCUT2D eigenvalue weighted by atomic mass is 10.1.